The minimum absolute atomic E-state index is 0.0875. The third-order valence-electron chi connectivity index (χ3n) is 6.18. The van der Waals surface area contributed by atoms with Crippen molar-refractivity contribution in [1.29, 1.82) is 0 Å². The molecule has 0 aliphatic carbocycles. The predicted molar refractivity (Wildman–Crippen MR) is 136 cm³/mol. The molecule has 0 saturated carbocycles. The van der Waals surface area contributed by atoms with Gasteiger partial charge in [0.05, 0.1) is 30.4 Å². The lowest BCUT2D eigenvalue weighted by Gasteiger charge is -2.26. The van der Waals surface area contributed by atoms with E-state index >= 15 is 0 Å². The van der Waals surface area contributed by atoms with Crippen molar-refractivity contribution in [3.63, 3.8) is 0 Å². The molecule has 36 heavy (non-hydrogen) atoms. The number of benzene rings is 2. The van der Waals surface area contributed by atoms with Crippen LogP contribution >= 0.6 is 11.8 Å². The Hall–Kier alpha value is -2.75. The molecule has 0 unspecified atom stereocenters. The van der Waals surface area contributed by atoms with Crippen LogP contribution in [0.1, 0.15) is 24.5 Å². The van der Waals surface area contributed by atoms with Gasteiger partial charge in [0, 0.05) is 35.9 Å². The molecule has 0 spiro atoms. The van der Waals surface area contributed by atoms with E-state index in [9.17, 15) is 18.4 Å². The van der Waals surface area contributed by atoms with E-state index in [0.717, 1.165) is 57.3 Å². The van der Waals surface area contributed by atoms with Crippen LogP contribution in [0.25, 0.3) is 10.9 Å². The first-order chi connectivity index (χ1) is 17.5. The molecule has 0 radical (unpaired) electrons. The lowest BCUT2D eigenvalue weighted by atomic mass is 10.1. The zero-order valence-electron chi connectivity index (χ0n) is 20.3. The zero-order chi connectivity index (χ0) is 25.5. The number of esters is 1. The fourth-order valence-corrected chi connectivity index (χ4v) is 5.35. The Kier molecular flexibility index (Phi) is 9.12. The van der Waals surface area contributed by atoms with E-state index in [2.05, 4.69) is 4.90 Å². The fraction of sp³-hybridized carbons (Fsp3) is 0.407. The van der Waals surface area contributed by atoms with E-state index in [1.807, 2.05) is 12.1 Å². The van der Waals surface area contributed by atoms with Crippen LogP contribution in [0, 0.1) is 11.6 Å². The number of aromatic nitrogens is 1. The van der Waals surface area contributed by atoms with E-state index < -0.39 is 17.6 Å². The standard InChI is InChI=1S/C27H30F2N2O4S/c1-2-35-26(33)17-31-23-15-19(5-4-10-30-11-13-34-14-12-30)8-9-21(23)24(32)16-25(31)36-18-20-6-3-7-22(28)27(20)29/h3,6-9,15-16H,2,4-5,10-14,17-18H2,1H3. The van der Waals surface area contributed by atoms with Crippen LogP contribution in [0.4, 0.5) is 8.78 Å². The minimum atomic E-state index is -0.919. The van der Waals surface area contributed by atoms with Gasteiger partial charge in [0.15, 0.2) is 17.1 Å². The van der Waals surface area contributed by atoms with Gasteiger partial charge in [0.1, 0.15) is 6.54 Å². The van der Waals surface area contributed by atoms with Crippen LogP contribution < -0.4 is 5.43 Å². The zero-order valence-corrected chi connectivity index (χ0v) is 21.1. The van der Waals surface area contributed by atoms with Gasteiger partial charge in [-0.25, -0.2) is 8.78 Å². The van der Waals surface area contributed by atoms with E-state index in [1.165, 1.54) is 30.0 Å². The molecule has 9 heteroatoms. The van der Waals surface area contributed by atoms with Crippen molar-refractivity contribution in [1.82, 2.24) is 9.47 Å². The summed E-state index contributed by atoms with van der Waals surface area (Å²) in [5.74, 6) is -2.15. The molecule has 1 aliphatic heterocycles. The molecule has 0 amide bonds. The number of nitrogens with zero attached hydrogens (tertiary/aromatic N) is 2. The summed E-state index contributed by atoms with van der Waals surface area (Å²) in [7, 11) is 0. The summed E-state index contributed by atoms with van der Waals surface area (Å²) in [5.41, 5.74) is 1.69. The van der Waals surface area contributed by atoms with Gasteiger partial charge in [-0.3, -0.25) is 14.5 Å². The first-order valence-electron chi connectivity index (χ1n) is 12.1. The van der Waals surface area contributed by atoms with E-state index in [-0.39, 0.29) is 29.9 Å². The Morgan fingerprint density at radius 1 is 1.14 bits per heavy atom. The maximum atomic E-state index is 14.2. The van der Waals surface area contributed by atoms with Crippen molar-refractivity contribution in [3.05, 3.63) is 75.4 Å². The molecule has 1 aliphatic rings. The highest BCUT2D eigenvalue weighted by atomic mass is 32.2. The number of aryl methyl sites for hydroxylation is 1. The highest BCUT2D eigenvalue weighted by molar-refractivity contribution is 7.98. The molecule has 1 aromatic heterocycles. The quantitative estimate of drug-likeness (QED) is 0.294. The summed E-state index contributed by atoms with van der Waals surface area (Å²) in [6.45, 7) is 6.23. The number of carbonyl (C=O) groups is 1. The van der Waals surface area contributed by atoms with E-state index in [1.54, 1.807) is 17.6 Å². The van der Waals surface area contributed by atoms with Gasteiger partial charge in [-0.1, -0.05) is 18.2 Å². The Balaban J connectivity index is 1.62. The average Bonchev–Trinajstić information content (AvgIpc) is 2.87. The van der Waals surface area contributed by atoms with Crippen LogP contribution in [0.2, 0.25) is 0 Å². The Morgan fingerprint density at radius 2 is 1.94 bits per heavy atom. The van der Waals surface area contributed by atoms with Crippen LogP contribution in [0.5, 0.6) is 0 Å². The summed E-state index contributed by atoms with van der Waals surface area (Å²) < 4.78 is 40.2. The van der Waals surface area contributed by atoms with Crippen LogP contribution in [-0.2, 0) is 33.0 Å². The van der Waals surface area contributed by atoms with Gasteiger partial charge < -0.3 is 14.0 Å². The van der Waals surface area contributed by atoms with Crippen LogP contribution in [0.15, 0.2) is 52.3 Å². The highest BCUT2D eigenvalue weighted by Gasteiger charge is 2.16. The molecule has 192 valence electrons. The third-order valence-corrected chi connectivity index (χ3v) is 7.27. The fourth-order valence-electron chi connectivity index (χ4n) is 4.31. The molecule has 0 N–H and O–H groups in total. The first-order valence-corrected chi connectivity index (χ1v) is 13.1. The van der Waals surface area contributed by atoms with Gasteiger partial charge in [0.25, 0.3) is 0 Å². The van der Waals surface area contributed by atoms with Gasteiger partial charge in [-0.2, -0.15) is 0 Å². The molecule has 4 rings (SSSR count). The normalized spacial score (nSPS) is 14.3. The lowest BCUT2D eigenvalue weighted by Crippen LogP contribution is -2.36. The molecule has 0 atom stereocenters. The van der Waals surface area contributed by atoms with Crippen molar-refractivity contribution in [2.75, 3.05) is 39.5 Å². The number of rotatable bonds is 10. The molecular formula is C27H30F2N2O4S. The maximum Gasteiger partial charge on any atom is 0.325 e. The molecule has 1 fully saturated rings. The number of morpholine rings is 1. The van der Waals surface area contributed by atoms with Crippen molar-refractivity contribution < 1.29 is 23.0 Å². The molecule has 0 bridgehead atoms. The monoisotopic (exact) mass is 516 g/mol. The number of hydrogen-bond donors (Lipinski definition) is 0. The number of hydrogen-bond acceptors (Lipinski definition) is 6. The summed E-state index contributed by atoms with van der Waals surface area (Å²) in [6.07, 6.45) is 1.79. The number of ether oxygens (including phenoxy) is 2. The second-order valence-electron chi connectivity index (χ2n) is 8.65. The molecule has 2 aromatic carbocycles. The van der Waals surface area contributed by atoms with Crippen molar-refractivity contribution in [2.24, 2.45) is 0 Å². The van der Waals surface area contributed by atoms with Crippen LogP contribution in [0.3, 0.4) is 0 Å². The molecular weight excluding hydrogens is 486 g/mol. The van der Waals surface area contributed by atoms with E-state index in [0.29, 0.717) is 15.9 Å². The van der Waals surface area contributed by atoms with Crippen molar-refractivity contribution >= 4 is 28.6 Å². The summed E-state index contributed by atoms with van der Waals surface area (Å²) in [5, 5.41) is 0.993. The predicted octanol–water partition coefficient (Wildman–Crippen LogP) is 4.40. The summed E-state index contributed by atoms with van der Waals surface area (Å²) in [4.78, 5) is 27.8. The SMILES string of the molecule is CCOC(=O)Cn1c(SCc2cccc(F)c2F)cc(=O)c2ccc(CCCN3CCOCC3)cc21. The molecule has 2 heterocycles. The number of carbonyl (C=O) groups excluding carboxylic acids is 1. The van der Waals surface area contributed by atoms with Gasteiger partial charge >= 0.3 is 5.97 Å². The topological polar surface area (TPSA) is 60.8 Å². The van der Waals surface area contributed by atoms with E-state index in [4.69, 9.17) is 9.47 Å². The van der Waals surface area contributed by atoms with Gasteiger partial charge in [-0.15, -0.1) is 11.8 Å². The van der Waals surface area contributed by atoms with Gasteiger partial charge in [0.2, 0.25) is 0 Å². The Bertz CT molecular complexity index is 1270. The first kappa shape index (κ1) is 26.3. The van der Waals surface area contributed by atoms with Crippen molar-refractivity contribution in [2.45, 2.75) is 37.1 Å². The maximum absolute atomic E-state index is 14.2. The van der Waals surface area contributed by atoms with Crippen molar-refractivity contribution in [3.8, 4) is 0 Å². The number of pyridine rings is 1. The lowest BCUT2D eigenvalue weighted by molar-refractivity contribution is -0.143. The number of halogens is 2. The molecule has 6 nitrogen and oxygen atoms in total. The Labute approximate surface area is 213 Å². The largest absolute Gasteiger partial charge is 0.465 e. The summed E-state index contributed by atoms with van der Waals surface area (Å²) in [6, 6.07) is 11.2. The molecule has 1 saturated heterocycles. The highest BCUT2D eigenvalue weighted by Crippen LogP contribution is 2.28. The Morgan fingerprint density at radius 3 is 2.72 bits per heavy atom. The average molecular weight is 517 g/mol. The minimum Gasteiger partial charge on any atom is -0.465 e. The third kappa shape index (κ3) is 6.52. The van der Waals surface area contributed by atoms with Gasteiger partial charge in [-0.05, 0) is 50.1 Å². The second-order valence-corrected chi connectivity index (χ2v) is 9.64. The second kappa shape index (κ2) is 12.5. The molecule has 3 aromatic rings. The number of fused-ring (bicyclic) bond motifs is 1. The number of thioether (sulfide) groups is 1. The van der Waals surface area contributed by atoms with Crippen LogP contribution in [-0.4, -0.2) is 54.9 Å². The summed E-state index contributed by atoms with van der Waals surface area (Å²) >= 11 is 1.18. The smallest absolute Gasteiger partial charge is 0.325 e.